The minimum absolute atomic E-state index is 0. The molecule has 3 amide bonds. The number of hydrogen-bond acceptors (Lipinski definition) is 6. The maximum atomic E-state index is 13.3. The smallest absolute Gasteiger partial charge is 0.409 e. The highest BCUT2D eigenvalue weighted by Crippen LogP contribution is 2.42. The number of aromatic nitrogens is 1. The summed E-state index contributed by atoms with van der Waals surface area (Å²) in [4.78, 5) is 31.7. The van der Waals surface area contributed by atoms with Gasteiger partial charge in [0.2, 0.25) is 0 Å². The number of nitrogens with one attached hydrogen (secondary N) is 1. The molecule has 1 N–H and O–H groups in total. The Hall–Kier alpha value is -3.07. The zero-order valence-corrected chi connectivity index (χ0v) is 22.3. The highest BCUT2D eigenvalue weighted by molar-refractivity contribution is 5.90. The fourth-order valence-corrected chi connectivity index (χ4v) is 6.35. The first-order valence-electron chi connectivity index (χ1n) is 13.6. The zero-order chi connectivity index (χ0) is 26.0. The second-order valence-electron chi connectivity index (χ2n) is 10.9. The molecular weight excluding hydrogens is 470 g/mol. The van der Waals surface area contributed by atoms with E-state index in [4.69, 9.17) is 9.26 Å². The number of carbonyl (C=O) groups excluding carboxylic acids is 2. The third-order valence-electron chi connectivity index (χ3n) is 8.47. The molecule has 4 heterocycles. The lowest BCUT2D eigenvalue weighted by Crippen LogP contribution is -2.54. The molecule has 9 heteroatoms. The minimum atomic E-state index is -0.181. The molecule has 1 spiro atoms. The van der Waals surface area contributed by atoms with Crippen LogP contribution in [-0.4, -0.2) is 77.9 Å². The summed E-state index contributed by atoms with van der Waals surface area (Å²) >= 11 is 0. The van der Waals surface area contributed by atoms with Gasteiger partial charge in [0.1, 0.15) is 11.4 Å². The highest BCUT2D eigenvalue weighted by atomic mass is 16.6. The van der Waals surface area contributed by atoms with Crippen LogP contribution >= 0.6 is 0 Å². The molecule has 0 aliphatic carbocycles. The van der Waals surface area contributed by atoms with E-state index < -0.39 is 0 Å². The van der Waals surface area contributed by atoms with Gasteiger partial charge in [0.05, 0.1) is 6.61 Å². The van der Waals surface area contributed by atoms with Crippen molar-refractivity contribution in [3.8, 4) is 0 Å². The van der Waals surface area contributed by atoms with Crippen LogP contribution in [0.3, 0.4) is 0 Å². The number of carbonyl (C=O) groups is 2. The maximum absolute atomic E-state index is 13.3. The van der Waals surface area contributed by atoms with E-state index in [2.05, 4.69) is 39.6 Å². The van der Waals surface area contributed by atoms with E-state index in [-0.39, 0.29) is 19.0 Å². The van der Waals surface area contributed by atoms with Crippen molar-refractivity contribution in [3.63, 3.8) is 0 Å². The van der Waals surface area contributed by atoms with E-state index >= 15 is 0 Å². The number of nitrogens with zero attached hydrogens (tertiary/aromatic N) is 4. The normalized spacial score (nSPS) is 20.1. The summed E-state index contributed by atoms with van der Waals surface area (Å²) in [7, 11) is 0. The van der Waals surface area contributed by atoms with Crippen LogP contribution in [0.25, 0.3) is 0 Å². The monoisotopic (exact) mass is 511 g/mol. The van der Waals surface area contributed by atoms with Gasteiger partial charge in [-0.1, -0.05) is 29.4 Å². The van der Waals surface area contributed by atoms with Crippen LogP contribution in [0.4, 0.5) is 15.3 Å². The predicted molar refractivity (Wildman–Crippen MR) is 143 cm³/mol. The number of fused-ring (bicyclic) bond motifs is 2. The summed E-state index contributed by atoms with van der Waals surface area (Å²) in [5.41, 5.74) is 3.97. The van der Waals surface area contributed by atoms with Gasteiger partial charge in [-0.3, -0.25) is 0 Å². The van der Waals surface area contributed by atoms with E-state index in [9.17, 15) is 9.59 Å². The molecule has 0 bridgehead atoms. The molecule has 9 nitrogen and oxygen atoms in total. The third kappa shape index (κ3) is 5.32. The average Bonchev–Trinajstić information content (AvgIpc) is 3.22. The summed E-state index contributed by atoms with van der Waals surface area (Å²) in [5, 5.41) is 7.02. The zero-order valence-electron chi connectivity index (χ0n) is 22.3. The molecule has 3 aliphatic rings. The van der Waals surface area contributed by atoms with Crippen molar-refractivity contribution in [1.29, 1.82) is 0 Å². The average molecular weight is 512 g/mol. The van der Waals surface area contributed by atoms with Gasteiger partial charge in [0.25, 0.3) is 0 Å². The van der Waals surface area contributed by atoms with Gasteiger partial charge in [0, 0.05) is 39.6 Å². The lowest BCUT2D eigenvalue weighted by molar-refractivity contribution is 0.0730. The predicted octanol–water partition coefficient (Wildman–Crippen LogP) is 4.79. The minimum Gasteiger partial charge on any atom is -0.450 e. The van der Waals surface area contributed by atoms with Crippen LogP contribution in [0.1, 0.15) is 56.6 Å². The van der Waals surface area contributed by atoms with E-state index in [0.717, 1.165) is 58.4 Å². The highest BCUT2D eigenvalue weighted by Gasteiger charge is 2.43. The van der Waals surface area contributed by atoms with Gasteiger partial charge >= 0.3 is 12.1 Å². The Bertz CT molecular complexity index is 1100. The quantitative estimate of drug-likeness (QED) is 0.635. The Kier molecular flexibility index (Phi) is 7.42. The SMILES string of the molecule is CCOC(=O)N1CCC(CN2CCC3(CC2)CN(C(=O)Nc2c(C)noc2C)Cc2ccccc23)CC1.[HH]. The molecule has 0 saturated carbocycles. The largest absolute Gasteiger partial charge is 0.450 e. The van der Waals surface area contributed by atoms with Crippen molar-refractivity contribution in [3.05, 3.63) is 46.8 Å². The van der Waals surface area contributed by atoms with Crippen molar-refractivity contribution >= 4 is 17.8 Å². The van der Waals surface area contributed by atoms with Crippen LogP contribution in [-0.2, 0) is 16.7 Å². The number of urea groups is 1. The van der Waals surface area contributed by atoms with Crippen molar-refractivity contribution in [2.24, 2.45) is 5.92 Å². The standard InChI is InChI=1S/C28H39N5O4.H2/c1-4-36-27(35)32-13-9-22(10-14-32)17-31-15-11-28(12-16-31)19-33(18-23-7-5-6-8-24(23)28)26(34)29-25-20(2)30-37-21(25)3;/h5-8,22H,4,9-19H2,1-3H3,(H,29,34);1H. The van der Waals surface area contributed by atoms with Gasteiger partial charge in [-0.2, -0.15) is 0 Å². The second kappa shape index (κ2) is 10.7. The van der Waals surface area contributed by atoms with Gasteiger partial charge in [-0.25, -0.2) is 9.59 Å². The summed E-state index contributed by atoms with van der Waals surface area (Å²) in [6, 6.07) is 8.53. The maximum Gasteiger partial charge on any atom is 0.409 e. The molecule has 3 aliphatic heterocycles. The lowest BCUT2D eigenvalue weighted by Gasteiger charge is -2.49. The van der Waals surface area contributed by atoms with Crippen molar-refractivity contribution in [2.45, 2.75) is 58.4 Å². The number of anilines is 1. The second-order valence-corrected chi connectivity index (χ2v) is 10.9. The van der Waals surface area contributed by atoms with Gasteiger partial charge < -0.3 is 29.3 Å². The number of likely N-dealkylation sites (tertiary alicyclic amines) is 2. The molecule has 37 heavy (non-hydrogen) atoms. The number of piperidine rings is 2. The summed E-state index contributed by atoms with van der Waals surface area (Å²) in [6.07, 6.45) is 3.93. The topological polar surface area (TPSA) is 91.2 Å². The van der Waals surface area contributed by atoms with E-state index in [1.54, 1.807) is 0 Å². The van der Waals surface area contributed by atoms with Crippen LogP contribution in [0.15, 0.2) is 28.8 Å². The first-order valence-corrected chi connectivity index (χ1v) is 13.6. The molecule has 2 fully saturated rings. The molecule has 2 aromatic rings. The summed E-state index contributed by atoms with van der Waals surface area (Å²) in [6.45, 7) is 11.9. The fraction of sp³-hybridized carbons (Fsp3) is 0.607. The van der Waals surface area contributed by atoms with Crippen LogP contribution < -0.4 is 5.32 Å². The molecule has 0 radical (unpaired) electrons. The van der Waals surface area contributed by atoms with Crippen LogP contribution in [0, 0.1) is 19.8 Å². The van der Waals surface area contributed by atoms with Gasteiger partial charge in [-0.05, 0) is 76.6 Å². The number of aryl methyl sites for hydroxylation is 2. The number of rotatable bonds is 4. The first-order chi connectivity index (χ1) is 17.9. The van der Waals surface area contributed by atoms with Crippen molar-refractivity contribution in [1.82, 2.24) is 19.9 Å². The molecule has 0 unspecified atom stereocenters. The molecule has 1 aromatic heterocycles. The first kappa shape index (κ1) is 25.6. The van der Waals surface area contributed by atoms with E-state index in [0.29, 0.717) is 42.8 Å². The molecule has 202 valence electrons. The Labute approximate surface area is 220 Å². The van der Waals surface area contributed by atoms with E-state index in [1.165, 1.54) is 11.1 Å². The van der Waals surface area contributed by atoms with Crippen LogP contribution in [0.5, 0.6) is 0 Å². The molecule has 0 atom stereocenters. The van der Waals surface area contributed by atoms with Crippen molar-refractivity contribution < 1.29 is 20.3 Å². The molecule has 5 rings (SSSR count). The molecular formula is C28H41N5O4. The van der Waals surface area contributed by atoms with Crippen molar-refractivity contribution in [2.75, 3.05) is 51.2 Å². The number of benzene rings is 1. The molecule has 1 aromatic carbocycles. The Balaban J connectivity index is 0.00000336. The number of amides is 3. The van der Waals surface area contributed by atoms with Crippen LogP contribution in [0.2, 0.25) is 0 Å². The van der Waals surface area contributed by atoms with E-state index in [1.807, 2.05) is 30.6 Å². The lowest BCUT2D eigenvalue weighted by atomic mass is 9.68. The summed E-state index contributed by atoms with van der Waals surface area (Å²) in [5.74, 6) is 1.23. The Morgan fingerprint density at radius 1 is 1.14 bits per heavy atom. The number of ether oxygens (including phenoxy) is 1. The summed E-state index contributed by atoms with van der Waals surface area (Å²) < 4.78 is 10.4. The number of hydrogen-bond donors (Lipinski definition) is 1. The molecule has 2 saturated heterocycles. The van der Waals surface area contributed by atoms with Gasteiger partial charge in [-0.15, -0.1) is 0 Å². The Morgan fingerprint density at radius 2 is 1.86 bits per heavy atom. The van der Waals surface area contributed by atoms with Gasteiger partial charge in [0.15, 0.2) is 5.76 Å². The fourth-order valence-electron chi connectivity index (χ4n) is 6.35. The third-order valence-corrected chi connectivity index (χ3v) is 8.47. The Morgan fingerprint density at radius 3 is 2.54 bits per heavy atom.